The molecule has 1 aliphatic carbocycles. The van der Waals surface area contributed by atoms with E-state index < -0.39 is 0 Å². The summed E-state index contributed by atoms with van der Waals surface area (Å²) in [6.45, 7) is 0. The quantitative estimate of drug-likeness (QED) is 0.606. The van der Waals surface area contributed by atoms with Crippen LogP contribution in [0.15, 0.2) is 0 Å². The van der Waals surface area contributed by atoms with Gasteiger partial charge in [0, 0.05) is 13.0 Å². The van der Waals surface area contributed by atoms with Gasteiger partial charge in [0.2, 0.25) is 5.95 Å². The minimum atomic E-state index is 0.516. The largest absolute Gasteiger partial charge is 0.368 e. The van der Waals surface area contributed by atoms with Gasteiger partial charge in [-0.05, 0) is 12.8 Å². The summed E-state index contributed by atoms with van der Waals surface area (Å²) in [7, 11) is 1.81. The molecule has 0 saturated heterocycles. The zero-order chi connectivity index (χ0) is 7.14. The first-order valence-corrected chi connectivity index (χ1v) is 3.44. The second-order valence-electron chi connectivity index (χ2n) is 2.73. The molecule has 1 aliphatic rings. The highest BCUT2D eigenvalue weighted by atomic mass is 15.4. The van der Waals surface area contributed by atoms with E-state index in [0.717, 1.165) is 5.82 Å². The first-order valence-electron chi connectivity index (χ1n) is 3.44. The van der Waals surface area contributed by atoms with Gasteiger partial charge in [-0.3, -0.25) is 0 Å². The molecule has 0 unspecified atom stereocenters. The minimum Gasteiger partial charge on any atom is -0.368 e. The van der Waals surface area contributed by atoms with Crippen LogP contribution in [0.3, 0.4) is 0 Å². The summed E-state index contributed by atoms with van der Waals surface area (Å²) >= 11 is 0. The molecule has 2 rings (SSSR count). The van der Waals surface area contributed by atoms with Gasteiger partial charge < -0.3 is 5.73 Å². The van der Waals surface area contributed by atoms with Crippen molar-refractivity contribution in [3.8, 4) is 0 Å². The van der Waals surface area contributed by atoms with Crippen molar-refractivity contribution in [1.29, 1.82) is 0 Å². The van der Waals surface area contributed by atoms with E-state index in [9.17, 15) is 0 Å². The van der Waals surface area contributed by atoms with E-state index >= 15 is 0 Å². The van der Waals surface area contributed by atoms with Crippen molar-refractivity contribution in [3.05, 3.63) is 5.82 Å². The van der Waals surface area contributed by atoms with Crippen molar-refractivity contribution < 1.29 is 0 Å². The highest BCUT2D eigenvalue weighted by Gasteiger charge is 2.27. The predicted octanol–water partition coefficient (Wildman–Crippen LogP) is 0.275. The van der Waals surface area contributed by atoms with Gasteiger partial charge in [-0.1, -0.05) is 0 Å². The van der Waals surface area contributed by atoms with Gasteiger partial charge in [-0.25, -0.2) is 4.68 Å². The molecule has 0 bridgehead atoms. The van der Waals surface area contributed by atoms with E-state index in [1.807, 2.05) is 7.05 Å². The summed E-state index contributed by atoms with van der Waals surface area (Å²) in [5.74, 6) is 2.03. The lowest BCUT2D eigenvalue weighted by molar-refractivity contribution is 0.752. The maximum atomic E-state index is 5.50. The molecule has 1 aromatic heterocycles. The van der Waals surface area contributed by atoms with Crippen LogP contribution < -0.4 is 5.73 Å². The Morgan fingerprint density at radius 1 is 1.60 bits per heavy atom. The Morgan fingerprint density at radius 3 is 2.70 bits per heavy atom. The predicted molar refractivity (Wildman–Crippen MR) is 37.4 cm³/mol. The first-order chi connectivity index (χ1) is 4.77. The van der Waals surface area contributed by atoms with Gasteiger partial charge in [0.25, 0.3) is 0 Å². The zero-order valence-corrected chi connectivity index (χ0v) is 5.91. The van der Waals surface area contributed by atoms with Gasteiger partial charge in [0.15, 0.2) is 5.82 Å². The smallest absolute Gasteiger partial charge is 0.218 e. The van der Waals surface area contributed by atoms with E-state index in [-0.39, 0.29) is 0 Å². The van der Waals surface area contributed by atoms with Crippen molar-refractivity contribution >= 4 is 5.95 Å². The Labute approximate surface area is 59.1 Å². The molecule has 0 atom stereocenters. The van der Waals surface area contributed by atoms with E-state index in [1.165, 1.54) is 12.8 Å². The molecule has 4 nitrogen and oxygen atoms in total. The fourth-order valence-corrected chi connectivity index (χ4v) is 0.931. The monoisotopic (exact) mass is 138 g/mol. The maximum absolute atomic E-state index is 5.50. The fourth-order valence-electron chi connectivity index (χ4n) is 0.931. The lowest BCUT2D eigenvalue weighted by Crippen LogP contribution is -1.97. The summed E-state index contributed by atoms with van der Waals surface area (Å²) < 4.78 is 1.62. The lowest BCUT2D eigenvalue weighted by atomic mass is 10.4. The molecule has 4 heteroatoms. The minimum absolute atomic E-state index is 0.516. The van der Waals surface area contributed by atoms with Crippen LogP contribution in [0.1, 0.15) is 24.6 Å². The van der Waals surface area contributed by atoms with Gasteiger partial charge >= 0.3 is 0 Å². The Hall–Kier alpha value is -1.06. The van der Waals surface area contributed by atoms with Crippen molar-refractivity contribution in [2.75, 3.05) is 5.73 Å². The molecule has 0 spiro atoms. The number of nitrogens with two attached hydrogens (primary N) is 1. The molecule has 1 fully saturated rings. The van der Waals surface area contributed by atoms with Gasteiger partial charge in [-0.2, -0.15) is 10.1 Å². The molecule has 10 heavy (non-hydrogen) atoms. The number of rotatable bonds is 1. The van der Waals surface area contributed by atoms with Gasteiger partial charge in [0.1, 0.15) is 0 Å². The molecule has 54 valence electrons. The SMILES string of the molecule is Cn1nc(C2CC2)nc1N. The maximum Gasteiger partial charge on any atom is 0.218 e. The Kier molecular flexibility index (Phi) is 0.977. The number of aromatic nitrogens is 3. The zero-order valence-electron chi connectivity index (χ0n) is 5.91. The van der Waals surface area contributed by atoms with Crippen LogP contribution in [0.2, 0.25) is 0 Å². The summed E-state index contributed by atoms with van der Waals surface area (Å²) in [5, 5.41) is 4.15. The van der Waals surface area contributed by atoms with Crippen LogP contribution >= 0.6 is 0 Å². The molecule has 2 N–H and O–H groups in total. The molecular formula is C6H10N4. The standard InChI is InChI=1S/C6H10N4/c1-10-6(7)8-5(9-10)4-2-3-4/h4H,2-3H2,1H3,(H2,7,8,9). The van der Waals surface area contributed by atoms with Gasteiger partial charge in [-0.15, -0.1) is 0 Å². The average Bonchev–Trinajstić information content (AvgIpc) is 2.64. The van der Waals surface area contributed by atoms with E-state index in [2.05, 4.69) is 10.1 Å². The van der Waals surface area contributed by atoms with Crippen molar-refractivity contribution in [3.63, 3.8) is 0 Å². The van der Waals surface area contributed by atoms with Crippen molar-refractivity contribution in [2.45, 2.75) is 18.8 Å². The normalized spacial score (nSPS) is 17.7. The van der Waals surface area contributed by atoms with Crippen LogP contribution in [-0.4, -0.2) is 14.8 Å². The fraction of sp³-hybridized carbons (Fsp3) is 0.667. The summed E-state index contributed by atoms with van der Waals surface area (Å²) in [4.78, 5) is 4.10. The second kappa shape index (κ2) is 1.71. The van der Waals surface area contributed by atoms with Crippen LogP contribution in [0, 0.1) is 0 Å². The number of nitrogens with zero attached hydrogens (tertiary/aromatic N) is 3. The average molecular weight is 138 g/mol. The highest BCUT2D eigenvalue weighted by molar-refractivity contribution is 5.18. The van der Waals surface area contributed by atoms with Crippen LogP contribution in [0.25, 0.3) is 0 Å². The molecule has 0 aliphatic heterocycles. The number of hydrogen-bond acceptors (Lipinski definition) is 3. The third kappa shape index (κ3) is 0.761. The number of hydrogen-bond donors (Lipinski definition) is 1. The molecular weight excluding hydrogens is 128 g/mol. The highest BCUT2D eigenvalue weighted by Crippen LogP contribution is 2.38. The Morgan fingerprint density at radius 2 is 2.30 bits per heavy atom. The lowest BCUT2D eigenvalue weighted by Gasteiger charge is -1.85. The topological polar surface area (TPSA) is 56.7 Å². The molecule has 0 radical (unpaired) electrons. The Balaban J connectivity index is 2.34. The summed E-state index contributed by atoms with van der Waals surface area (Å²) in [6.07, 6.45) is 2.45. The summed E-state index contributed by atoms with van der Waals surface area (Å²) in [5.41, 5.74) is 5.50. The molecule has 0 aromatic carbocycles. The Bertz CT molecular complexity index is 229. The third-order valence-electron chi connectivity index (χ3n) is 1.76. The van der Waals surface area contributed by atoms with Crippen molar-refractivity contribution in [1.82, 2.24) is 14.8 Å². The van der Waals surface area contributed by atoms with E-state index in [0.29, 0.717) is 11.9 Å². The number of aryl methyl sites for hydroxylation is 1. The van der Waals surface area contributed by atoms with E-state index in [1.54, 1.807) is 4.68 Å². The number of nitrogen functional groups attached to an aromatic ring is 1. The molecule has 1 aromatic rings. The molecule has 1 saturated carbocycles. The first kappa shape index (κ1) is 5.70. The second-order valence-corrected chi connectivity index (χ2v) is 2.73. The molecule has 0 amide bonds. The number of anilines is 1. The van der Waals surface area contributed by atoms with Crippen LogP contribution in [0.5, 0.6) is 0 Å². The molecule has 1 heterocycles. The van der Waals surface area contributed by atoms with Crippen molar-refractivity contribution in [2.24, 2.45) is 7.05 Å². The summed E-state index contributed by atoms with van der Waals surface area (Å²) in [6, 6.07) is 0. The van der Waals surface area contributed by atoms with E-state index in [4.69, 9.17) is 5.73 Å². The van der Waals surface area contributed by atoms with Crippen LogP contribution in [0.4, 0.5) is 5.95 Å². The third-order valence-corrected chi connectivity index (χ3v) is 1.76. The van der Waals surface area contributed by atoms with Crippen LogP contribution in [-0.2, 0) is 7.05 Å². The van der Waals surface area contributed by atoms with Gasteiger partial charge in [0.05, 0.1) is 0 Å².